The van der Waals surface area contributed by atoms with Gasteiger partial charge in [-0.2, -0.15) is 0 Å². The van der Waals surface area contributed by atoms with Crippen LogP contribution in [0.15, 0.2) is 0 Å². The van der Waals surface area contributed by atoms with Crippen LogP contribution in [-0.4, -0.2) is 48.7 Å². The molecule has 1 amide bonds. The molecule has 92 valence electrons. The van der Waals surface area contributed by atoms with Crippen LogP contribution in [0, 0.1) is 0 Å². The molecule has 0 radical (unpaired) electrons. The molecule has 0 spiro atoms. The van der Waals surface area contributed by atoms with Crippen LogP contribution in [-0.2, 0) is 9.53 Å². The second-order valence-corrected chi connectivity index (χ2v) is 4.90. The Morgan fingerprint density at radius 1 is 1.62 bits per heavy atom. The van der Waals surface area contributed by atoms with Crippen LogP contribution in [0.1, 0.15) is 33.1 Å². The van der Waals surface area contributed by atoms with Gasteiger partial charge >= 0.3 is 0 Å². The van der Waals surface area contributed by atoms with E-state index in [0.717, 1.165) is 38.9 Å². The summed E-state index contributed by atoms with van der Waals surface area (Å²) in [6.07, 6.45) is 3.15. The Morgan fingerprint density at radius 3 is 3.00 bits per heavy atom. The van der Waals surface area contributed by atoms with Gasteiger partial charge in [-0.25, -0.2) is 0 Å². The maximum Gasteiger partial charge on any atom is 0.243 e. The molecule has 0 aromatic heterocycles. The Morgan fingerprint density at radius 2 is 2.44 bits per heavy atom. The third-order valence-electron chi connectivity index (χ3n) is 3.78. The first-order valence-corrected chi connectivity index (χ1v) is 6.34. The molecule has 2 aliphatic heterocycles. The summed E-state index contributed by atoms with van der Waals surface area (Å²) in [7, 11) is 0. The zero-order valence-electron chi connectivity index (χ0n) is 10.3. The molecule has 4 nitrogen and oxygen atoms in total. The molecule has 0 aliphatic carbocycles. The van der Waals surface area contributed by atoms with Crippen LogP contribution >= 0.6 is 0 Å². The summed E-state index contributed by atoms with van der Waals surface area (Å²) < 4.78 is 5.47. The van der Waals surface area contributed by atoms with E-state index in [0.29, 0.717) is 6.61 Å². The summed E-state index contributed by atoms with van der Waals surface area (Å²) in [5.41, 5.74) is -0.281. The van der Waals surface area contributed by atoms with Crippen LogP contribution < -0.4 is 5.32 Å². The van der Waals surface area contributed by atoms with Gasteiger partial charge in [0.1, 0.15) is 0 Å². The summed E-state index contributed by atoms with van der Waals surface area (Å²) in [4.78, 5) is 14.5. The fourth-order valence-corrected chi connectivity index (χ4v) is 2.75. The first-order valence-electron chi connectivity index (χ1n) is 6.34. The van der Waals surface area contributed by atoms with Crippen LogP contribution in [0.3, 0.4) is 0 Å². The lowest BCUT2D eigenvalue weighted by Crippen LogP contribution is -2.58. The van der Waals surface area contributed by atoms with Crippen LogP contribution in [0.5, 0.6) is 0 Å². The molecule has 2 heterocycles. The maximum atomic E-state index is 12.5. The average molecular weight is 226 g/mol. The smallest absolute Gasteiger partial charge is 0.243 e. The predicted octanol–water partition coefficient (Wildman–Crippen LogP) is 0.766. The summed E-state index contributed by atoms with van der Waals surface area (Å²) in [5.74, 6) is 0.280. The zero-order chi connectivity index (χ0) is 11.6. The number of nitrogens with zero attached hydrogens (tertiary/aromatic N) is 1. The lowest BCUT2D eigenvalue weighted by Gasteiger charge is -2.38. The fourth-order valence-electron chi connectivity index (χ4n) is 2.75. The van der Waals surface area contributed by atoms with Gasteiger partial charge in [-0.3, -0.25) is 4.79 Å². The van der Waals surface area contributed by atoms with Crippen LogP contribution in [0.25, 0.3) is 0 Å². The summed E-state index contributed by atoms with van der Waals surface area (Å²) >= 11 is 0. The number of carbonyl (C=O) groups is 1. The van der Waals surface area contributed by atoms with E-state index in [1.807, 2.05) is 11.8 Å². The maximum absolute atomic E-state index is 12.5. The van der Waals surface area contributed by atoms with Gasteiger partial charge in [-0.05, 0) is 32.7 Å². The van der Waals surface area contributed by atoms with Gasteiger partial charge < -0.3 is 15.0 Å². The number of rotatable bonds is 2. The van der Waals surface area contributed by atoms with E-state index in [2.05, 4.69) is 12.2 Å². The second kappa shape index (κ2) is 4.72. The lowest BCUT2D eigenvalue weighted by atomic mass is 9.92. The highest BCUT2D eigenvalue weighted by Crippen LogP contribution is 2.26. The van der Waals surface area contributed by atoms with E-state index in [1.165, 1.54) is 0 Å². The van der Waals surface area contributed by atoms with Crippen molar-refractivity contribution in [3.8, 4) is 0 Å². The SMILES string of the molecule is CCC1(C(=O)N2CCOC(C)C2)CCCN1. The third-order valence-corrected chi connectivity index (χ3v) is 3.78. The Kier molecular flexibility index (Phi) is 3.50. The molecule has 0 saturated carbocycles. The van der Waals surface area contributed by atoms with E-state index < -0.39 is 0 Å². The molecule has 0 bridgehead atoms. The summed E-state index contributed by atoms with van der Waals surface area (Å²) in [5, 5.41) is 3.40. The molecule has 2 aliphatic rings. The Hall–Kier alpha value is -0.610. The number of carbonyl (C=O) groups excluding carboxylic acids is 1. The van der Waals surface area contributed by atoms with Crippen molar-refractivity contribution in [2.75, 3.05) is 26.2 Å². The molecule has 4 heteroatoms. The van der Waals surface area contributed by atoms with Crippen molar-refractivity contribution in [2.24, 2.45) is 0 Å². The van der Waals surface area contributed by atoms with Crippen LogP contribution in [0.4, 0.5) is 0 Å². The first-order chi connectivity index (χ1) is 7.68. The van der Waals surface area contributed by atoms with E-state index in [1.54, 1.807) is 0 Å². The van der Waals surface area contributed by atoms with E-state index in [-0.39, 0.29) is 17.6 Å². The van der Waals surface area contributed by atoms with Crippen molar-refractivity contribution in [1.29, 1.82) is 0 Å². The number of nitrogens with one attached hydrogen (secondary N) is 1. The molecule has 16 heavy (non-hydrogen) atoms. The standard InChI is InChI=1S/C12H22N2O2/c1-3-12(5-4-6-13-12)11(15)14-7-8-16-10(2)9-14/h10,13H,3-9H2,1-2H3. The molecule has 0 aromatic rings. The second-order valence-electron chi connectivity index (χ2n) is 4.90. The molecule has 2 rings (SSSR count). The number of ether oxygens (including phenoxy) is 1. The van der Waals surface area contributed by atoms with Gasteiger partial charge in [0.15, 0.2) is 0 Å². The lowest BCUT2D eigenvalue weighted by molar-refractivity contribution is -0.145. The molecule has 0 aromatic carbocycles. The van der Waals surface area contributed by atoms with E-state index >= 15 is 0 Å². The number of amides is 1. The van der Waals surface area contributed by atoms with Crippen molar-refractivity contribution in [2.45, 2.75) is 44.8 Å². The number of hydrogen-bond acceptors (Lipinski definition) is 3. The van der Waals surface area contributed by atoms with E-state index in [9.17, 15) is 4.79 Å². The van der Waals surface area contributed by atoms with Gasteiger partial charge in [0, 0.05) is 13.1 Å². The number of hydrogen-bond donors (Lipinski definition) is 1. The molecule has 2 fully saturated rings. The monoisotopic (exact) mass is 226 g/mol. The fraction of sp³-hybridized carbons (Fsp3) is 0.917. The average Bonchev–Trinajstić information content (AvgIpc) is 2.78. The Balaban J connectivity index is 2.04. The van der Waals surface area contributed by atoms with Gasteiger partial charge in [0.2, 0.25) is 5.91 Å². The largest absolute Gasteiger partial charge is 0.375 e. The van der Waals surface area contributed by atoms with Gasteiger partial charge in [0.05, 0.1) is 18.2 Å². The molecule has 2 saturated heterocycles. The Bertz CT molecular complexity index is 262. The van der Waals surface area contributed by atoms with Crippen molar-refractivity contribution >= 4 is 5.91 Å². The predicted molar refractivity (Wildman–Crippen MR) is 62.3 cm³/mol. The van der Waals surface area contributed by atoms with Gasteiger partial charge in [0.25, 0.3) is 0 Å². The first kappa shape index (κ1) is 11.9. The minimum atomic E-state index is -0.281. The Labute approximate surface area is 97.3 Å². The minimum Gasteiger partial charge on any atom is -0.375 e. The van der Waals surface area contributed by atoms with Crippen molar-refractivity contribution in [1.82, 2.24) is 10.2 Å². The molecule has 2 unspecified atom stereocenters. The quantitative estimate of drug-likeness (QED) is 0.756. The van der Waals surface area contributed by atoms with Crippen molar-refractivity contribution in [3.63, 3.8) is 0 Å². The van der Waals surface area contributed by atoms with Crippen LogP contribution in [0.2, 0.25) is 0 Å². The van der Waals surface area contributed by atoms with Crippen molar-refractivity contribution in [3.05, 3.63) is 0 Å². The highest BCUT2D eigenvalue weighted by atomic mass is 16.5. The molecule has 2 atom stereocenters. The normalized spacial score (nSPS) is 35.4. The third kappa shape index (κ3) is 2.09. The van der Waals surface area contributed by atoms with Gasteiger partial charge in [-0.1, -0.05) is 6.92 Å². The number of morpholine rings is 1. The highest BCUT2D eigenvalue weighted by Gasteiger charge is 2.42. The summed E-state index contributed by atoms with van der Waals surface area (Å²) in [6, 6.07) is 0. The highest BCUT2D eigenvalue weighted by molar-refractivity contribution is 5.86. The van der Waals surface area contributed by atoms with E-state index in [4.69, 9.17) is 4.74 Å². The molecular formula is C12H22N2O2. The molecule has 1 N–H and O–H groups in total. The zero-order valence-corrected chi connectivity index (χ0v) is 10.3. The summed E-state index contributed by atoms with van der Waals surface area (Å²) in [6.45, 7) is 7.25. The minimum absolute atomic E-state index is 0.174. The van der Waals surface area contributed by atoms with Gasteiger partial charge in [-0.15, -0.1) is 0 Å². The topological polar surface area (TPSA) is 41.6 Å². The molecular weight excluding hydrogens is 204 g/mol. The van der Waals surface area contributed by atoms with Crippen molar-refractivity contribution < 1.29 is 9.53 Å².